The zero-order chi connectivity index (χ0) is 17.4. The lowest BCUT2D eigenvalue weighted by Gasteiger charge is -2.38. The molecule has 0 bridgehead atoms. The van der Waals surface area contributed by atoms with Gasteiger partial charge in [-0.05, 0) is 51.4 Å². The second-order valence-electron chi connectivity index (χ2n) is 7.35. The Morgan fingerprint density at radius 1 is 0.708 bits per heavy atom. The lowest BCUT2D eigenvalue weighted by atomic mass is 9.67. The van der Waals surface area contributed by atoms with Gasteiger partial charge in [-0.1, -0.05) is 38.5 Å². The van der Waals surface area contributed by atoms with Gasteiger partial charge >= 0.3 is 11.9 Å². The van der Waals surface area contributed by atoms with E-state index in [0.29, 0.717) is 13.2 Å². The Morgan fingerprint density at radius 2 is 1.04 bits per heavy atom. The van der Waals surface area contributed by atoms with Crippen LogP contribution in [0.5, 0.6) is 0 Å². The molecule has 0 heterocycles. The molecule has 0 amide bonds. The quantitative estimate of drug-likeness (QED) is 0.641. The maximum Gasteiger partial charge on any atom is 0.310 e. The largest absolute Gasteiger partial charge is 0.466 e. The molecule has 0 saturated heterocycles. The molecule has 138 valence electrons. The van der Waals surface area contributed by atoms with Gasteiger partial charge in [0.1, 0.15) is 0 Å². The van der Waals surface area contributed by atoms with Gasteiger partial charge < -0.3 is 9.47 Å². The molecule has 0 unspecified atom stereocenters. The first kappa shape index (κ1) is 19.3. The Balaban J connectivity index is 2.26. The van der Waals surface area contributed by atoms with Gasteiger partial charge in [0.2, 0.25) is 0 Å². The van der Waals surface area contributed by atoms with Crippen LogP contribution >= 0.6 is 0 Å². The van der Waals surface area contributed by atoms with Crippen LogP contribution in [0.25, 0.3) is 0 Å². The number of hydrogen-bond acceptors (Lipinski definition) is 4. The SMILES string of the molecule is CCOC(=O)[C@H](C1CCCCC1)[C@@H](C(=O)OCC)C1CCCCC1. The highest BCUT2D eigenvalue weighted by Crippen LogP contribution is 2.42. The maximum atomic E-state index is 12.8. The van der Waals surface area contributed by atoms with E-state index in [9.17, 15) is 9.59 Å². The highest BCUT2D eigenvalue weighted by molar-refractivity contribution is 5.82. The topological polar surface area (TPSA) is 52.6 Å². The molecule has 24 heavy (non-hydrogen) atoms. The molecule has 0 aliphatic heterocycles. The summed E-state index contributed by atoms with van der Waals surface area (Å²) >= 11 is 0. The second-order valence-corrected chi connectivity index (χ2v) is 7.35. The third kappa shape index (κ3) is 4.97. The molecule has 4 heteroatoms. The van der Waals surface area contributed by atoms with E-state index < -0.39 is 0 Å². The Morgan fingerprint density at radius 3 is 1.33 bits per heavy atom. The number of ether oxygens (including phenoxy) is 2. The highest BCUT2D eigenvalue weighted by atomic mass is 16.5. The minimum absolute atomic E-state index is 0.173. The molecule has 0 radical (unpaired) electrons. The lowest BCUT2D eigenvalue weighted by Crippen LogP contribution is -2.42. The smallest absolute Gasteiger partial charge is 0.310 e. The molecular weight excluding hydrogens is 304 g/mol. The summed E-state index contributed by atoms with van der Waals surface area (Å²) in [7, 11) is 0. The van der Waals surface area contributed by atoms with Crippen molar-refractivity contribution in [2.75, 3.05) is 13.2 Å². The maximum absolute atomic E-state index is 12.8. The fourth-order valence-electron chi connectivity index (χ4n) is 4.73. The first-order valence-electron chi connectivity index (χ1n) is 10.0. The molecule has 2 atom stereocenters. The first-order valence-corrected chi connectivity index (χ1v) is 10.0. The summed E-state index contributed by atoms with van der Waals surface area (Å²) in [5.41, 5.74) is 0. The van der Waals surface area contributed by atoms with Crippen LogP contribution in [0.1, 0.15) is 78.1 Å². The summed E-state index contributed by atoms with van der Waals surface area (Å²) in [5, 5.41) is 0. The summed E-state index contributed by atoms with van der Waals surface area (Å²) in [5.74, 6) is -0.427. The monoisotopic (exact) mass is 338 g/mol. The van der Waals surface area contributed by atoms with Crippen molar-refractivity contribution in [1.29, 1.82) is 0 Å². The van der Waals surface area contributed by atoms with Crippen molar-refractivity contribution in [3.8, 4) is 0 Å². The lowest BCUT2D eigenvalue weighted by molar-refractivity contribution is -0.166. The molecule has 4 nitrogen and oxygen atoms in total. The Kier molecular flexibility index (Phi) is 8.07. The van der Waals surface area contributed by atoms with E-state index in [1.165, 1.54) is 12.8 Å². The van der Waals surface area contributed by atoms with Crippen LogP contribution in [0, 0.1) is 23.7 Å². The van der Waals surface area contributed by atoms with Crippen LogP contribution in [0.3, 0.4) is 0 Å². The normalized spacial score (nSPS) is 22.6. The van der Waals surface area contributed by atoms with Crippen molar-refractivity contribution in [2.45, 2.75) is 78.1 Å². The van der Waals surface area contributed by atoms with Gasteiger partial charge in [0.15, 0.2) is 0 Å². The van der Waals surface area contributed by atoms with E-state index in [-0.39, 0.29) is 35.6 Å². The van der Waals surface area contributed by atoms with E-state index in [1.54, 1.807) is 0 Å². The summed E-state index contributed by atoms with van der Waals surface area (Å²) in [6, 6.07) is 0. The van der Waals surface area contributed by atoms with Crippen LogP contribution in [0.4, 0.5) is 0 Å². The molecular formula is C20H34O4. The van der Waals surface area contributed by atoms with Crippen LogP contribution in [0.15, 0.2) is 0 Å². The zero-order valence-electron chi connectivity index (χ0n) is 15.4. The van der Waals surface area contributed by atoms with Gasteiger partial charge in [-0.15, -0.1) is 0 Å². The van der Waals surface area contributed by atoms with Crippen molar-refractivity contribution in [2.24, 2.45) is 23.7 Å². The summed E-state index contributed by atoms with van der Waals surface area (Å²) in [6.07, 6.45) is 11.2. The number of rotatable bonds is 7. The van der Waals surface area contributed by atoms with E-state index in [0.717, 1.165) is 51.4 Å². The van der Waals surface area contributed by atoms with Crippen LogP contribution in [-0.4, -0.2) is 25.2 Å². The van der Waals surface area contributed by atoms with Crippen molar-refractivity contribution in [1.82, 2.24) is 0 Å². The van der Waals surface area contributed by atoms with Gasteiger partial charge in [0.05, 0.1) is 25.0 Å². The van der Waals surface area contributed by atoms with E-state index in [4.69, 9.17) is 9.47 Å². The summed E-state index contributed by atoms with van der Waals surface area (Å²) < 4.78 is 10.8. The van der Waals surface area contributed by atoms with Crippen molar-refractivity contribution in [3.05, 3.63) is 0 Å². The predicted molar refractivity (Wildman–Crippen MR) is 93.4 cm³/mol. The summed E-state index contributed by atoms with van der Waals surface area (Å²) in [4.78, 5) is 25.6. The Bertz CT molecular complexity index is 356. The van der Waals surface area contributed by atoms with Crippen LogP contribution in [0.2, 0.25) is 0 Å². The average Bonchev–Trinajstić information content (AvgIpc) is 2.61. The highest BCUT2D eigenvalue weighted by Gasteiger charge is 2.45. The molecule has 0 N–H and O–H groups in total. The number of hydrogen-bond donors (Lipinski definition) is 0. The zero-order valence-corrected chi connectivity index (χ0v) is 15.4. The van der Waals surface area contributed by atoms with Crippen LogP contribution in [-0.2, 0) is 19.1 Å². The standard InChI is InChI=1S/C20H34O4/c1-3-23-19(21)17(15-11-7-5-8-12-15)18(20(22)24-4-2)16-13-9-6-10-14-16/h15-18H,3-14H2,1-2H3/t17-,18+. The van der Waals surface area contributed by atoms with Gasteiger partial charge in [-0.3, -0.25) is 9.59 Å². The van der Waals surface area contributed by atoms with Crippen LogP contribution < -0.4 is 0 Å². The van der Waals surface area contributed by atoms with E-state index in [2.05, 4.69) is 0 Å². The van der Waals surface area contributed by atoms with Gasteiger partial charge in [-0.2, -0.15) is 0 Å². The molecule has 2 fully saturated rings. The molecule has 0 aromatic carbocycles. The predicted octanol–water partition coefficient (Wildman–Crippen LogP) is 4.51. The van der Waals surface area contributed by atoms with Crippen molar-refractivity contribution >= 4 is 11.9 Å². The number of carbonyl (C=O) groups excluding carboxylic acids is 2. The van der Waals surface area contributed by atoms with Gasteiger partial charge in [0.25, 0.3) is 0 Å². The molecule has 0 spiro atoms. The van der Waals surface area contributed by atoms with E-state index >= 15 is 0 Å². The molecule has 2 saturated carbocycles. The molecule has 0 aromatic rings. The molecule has 2 rings (SSSR count). The number of carbonyl (C=O) groups is 2. The Hall–Kier alpha value is -1.06. The van der Waals surface area contributed by atoms with Gasteiger partial charge in [0, 0.05) is 0 Å². The summed E-state index contributed by atoms with van der Waals surface area (Å²) in [6.45, 7) is 4.44. The molecule has 0 aromatic heterocycles. The van der Waals surface area contributed by atoms with E-state index in [1.807, 2.05) is 13.8 Å². The molecule has 2 aliphatic rings. The average molecular weight is 338 g/mol. The first-order chi connectivity index (χ1) is 11.7. The fraction of sp³-hybridized carbons (Fsp3) is 0.900. The Labute approximate surface area is 146 Å². The third-order valence-electron chi connectivity index (χ3n) is 5.82. The number of esters is 2. The minimum atomic E-state index is -0.313. The van der Waals surface area contributed by atoms with Crippen molar-refractivity contribution in [3.63, 3.8) is 0 Å². The second kappa shape index (κ2) is 10.0. The fourth-order valence-corrected chi connectivity index (χ4v) is 4.73. The minimum Gasteiger partial charge on any atom is -0.466 e. The molecule has 2 aliphatic carbocycles. The third-order valence-corrected chi connectivity index (χ3v) is 5.82. The van der Waals surface area contributed by atoms with Crippen molar-refractivity contribution < 1.29 is 19.1 Å². The van der Waals surface area contributed by atoms with Gasteiger partial charge in [-0.25, -0.2) is 0 Å².